The van der Waals surface area contributed by atoms with Gasteiger partial charge < -0.3 is 5.11 Å². The fourth-order valence-electron chi connectivity index (χ4n) is 2.71. The van der Waals surface area contributed by atoms with Gasteiger partial charge in [0, 0.05) is 28.7 Å². The van der Waals surface area contributed by atoms with Crippen LogP contribution in [0.25, 0.3) is 0 Å². The van der Waals surface area contributed by atoms with Gasteiger partial charge in [0.15, 0.2) is 0 Å². The highest BCUT2D eigenvalue weighted by Gasteiger charge is 2.11. The molecule has 0 aliphatic rings. The molecule has 0 aliphatic carbocycles. The summed E-state index contributed by atoms with van der Waals surface area (Å²) in [5.74, 6) is -1.19. The molecule has 3 aromatic rings. The SMILES string of the molecule is Cc1cc(C=Nc2cccc(C(=O)O)c2)c(C)n1NC(=O)c1ccccc1. The van der Waals surface area contributed by atoms with Crippen LogP contribution in [0.5, 0.6) is 0 Å². The van der Waals surface area contributed by atoms with E-state index in [0.29, 0.717) is 11.3 Å². The maximum atomic E-state index is 12.4. The number of aromatic carboxylic acids is 1. The zero-order valence-corrected chi connectivity index (χ0v) is 15.0. The van der Waals surface area contributed by atoms with Crippen LogP contribution < -0.4 is 5.43 Å². The fraction of sp³-hybridized carbons (Fsp3) is 0.0952. The predicted molar refractivity (Wildman–Crippen MR) is 105 cm³/mol. The molecule has 0 saturated heterocycles. The Hall–Kier alpha value is -3.67. The number of aryl methyl sites for hydroxylation is 1. The molecule has 1 heterocycles. The van der Waals surface area contributed by atoms with Crippen molar-refractivity contribution in [2.45, 2.75) is 13.8 Å². The van der Waals surface area contributed by atoms with E-state index in [-0.39, 0.29) is 11.5 Å². The summed E-state index contributed by atoms with van der Waals surface area (Å²) in [5, 5.41) is 9.06. The largest absolute Gasteiger partial charge is 0.478 e. The van der Waals surface area contributed by atoms with Crippen LogP contribution in [0, 0.1) is 13.8 Å². The zero-order valence-electron chi connectivity index (χ0n) is 15.0. The van der Waals surface area contributed by atoms with E-state index in [2.05, 4.69) is 10.4 Å². The molecule has 2 aromatic carbocycles. The van der Waals surface area contributed by atoms with Crippen molar-refractivity contribution in [3.05, 3.63) is 88.7 Å². The standard InChI is InChI=1S/C21H19N3O3/c1-14-11-18(13-22-19-10-6-9-17(12-19)21(26)27)15(2)24(14)23-20(25)16-7-4-3-5-8-16/h3-13H,1-2H3,(H,23,25)(H,26,27). The van der Waals surface area contributed by atoms with Crippen LogP contribution in [-0.2, 0) is 0 Å². The summed E-state index contributed by atoms with van der Waals surface area (Å²) in [7, 11) is 0. The predicted octanol–water partition coefficient (Wildman–Crippen LogP) is 3.94. The van der Waals surface area contributed by atoms with Gasteiger partial charge in [0.05, 0.1) is 11.3 Å². The molecular formula is C21H19N3O3. The Morgan fingerprint density at radius 2 is 1.70 bits per heavy atom. The van der Waals surface area contributed by atoms with E-state index in [1.807, 2.05) is 38.1 Å². The number of nitrogens with one attached hydrogen (secondary N) is 1. The van der Waals surface area contributed by atoms with E-state index < -0.39 is 5.97 Å². The second-order valence-electron chi connectivity index (χ2n) is 6.08. The molecule has 1 aromatic heterocycles. The van der Waals surface area contributed by atoms with Crippen LogP contribution in [-0.4, -0.2) is 27.9 Å². The van der Waals surface area contributed by atoms with Crippen molar-refractivity contribution in [1.29, 1.82) is 0 Å². The Balaban J connectivity index is 1.82. The van der Waals surface area contributed by atoms with Crippen molar-refractivity contribution in [2.75, 3.05) is 5.43 Å². The van der Waals surface area contributed by atoms with Crippen LogP contribution in [0.4, 0.5) is 5.69 Å². The molecule has 3 rings (SSSR count). The summed E-state index contributed by atoms with van der Waals surface area (Å²) in [6.07, 6.45) is 1.66. The Bertz CT molecular complexity index is 1020. The van der Waals surface area contributed by atoms with Gasteiger partial charge in [0.1, 0.15) is 0 Å². The number of rotatable bonds is 5. The number of carboxylic acid groups (broad SMARTS) is 1. The topological polar surface area (TPSA) is 83.7 Å². The first kappa shape index (κ1) is 18.1. The van der Waals surface area contributed by atoms with Crippen molar-refractivity contribution in [1.82, 2.24) is 4.68 Å². The summed E-state index contributed by atoms with van der Waals surface area (Å²) in [5.41, 5.74) is 6.71. The number of carboxylic acids is 1. The van der Waals surface area contributed by atoms with E-state index >= 15 is 0 Å². The molecule has 0 bridgehead atoms. The lowest BCUT2D eigenvalue weighted by Crippen LogP contribution is -2.24. The minimum atomic E-state index is -0.992. The molecule has 1 amide bonds. The highest BCUT2D eigenvalue weighted by molar-refractivity contribution is 6.00. The maximum Gasteiger partial charge on any atom is 0.335 e. The first-order chi connectivity index (χ1) is 13.0. The monoisotopic (exact) mass is 361 g/mol. The number of nitrogens with zero attached hydrogens (tertiary/aromatic N) is 2. The van der Waals surface area contributed by atoms with E-state index in [4.69, 9.17) is 5.11 Å². The third kappa shape index (κ3) is 4.12. The highest BCUT2D eigenvalue weighted by Crippen LogP contribution is 2.17. The van der Waals surface area contributed by atoms with Crippen LogP contribution in [0.2, 0.25) is 0 Å². The van der Waals surface area contributed by atoms with Crippen molar-refractivity contribution >= 4 is 23.8 Å². The molecular weight excluding hydrogens is 342 g/mol. The molecule has 27 heavy (non-hydrogen) atoms. The van der Waals surface area contributed by atoms with Crippen molar-refractivity contribution in [2.24, 2.45) is 4.99 Å². The number of carbonyl (C=O) groups is 2. The summed E-state index contributed by atoms with van der Waals surface area (Å²) in [4.78, 5) is 27.8. The van der Waals surface area contributed by atoms with E-state index in [0.717, 1.165) is 17.0 Å². The van der Waals surface area contributed by atoms with Gasteiger partial charge in [-0.05, 0) is 50.2 Å². The normalized spacial score (nSPS) is 10.9. The van der Waals surface area contributed by atoms with Crippen molar-refractivity contribution < 1.29 is 14.7 Å². The van der Waals surface area contributed by atoms with Gasteiger partial charge in [-0.1, -0.05) is 24.3 Å². The lowest BCUT2D eigenvalue weighted by atomic mass is 10.2. The number of hydrogen-bond acceptors (Lipinski definition) is 3. The molecule has 0 fully saturated rings. The third-order valence-electron chi connectivity index (χ3n) is 4.17. The average molecular weight is 361 g/mol. The number of aromatic nitrogens is 1. The minimum Gasteiger partial charge on any atom is -0.478 e. The molecule has 0 saturated carbocycles. The number of aliphatic imine (C=N–C) groups is 1. The smallest absolute Gasteiger partial charge is 0.335 e. The van der Waals surface area contributed by atoms with E-state index in [9.17, 15) is 9.59 Å². The summed E-state index contributed by atoms with van der Waals surface area (Å²) in [6.45, 7) is 3.77. The van der Waals surface area contributed by atoms with Crippen LogP contribution in [0.3, 0.4) is 0 Å². The van der Waals surface area contributed by atoms with Gasteiger partial charge >= 0.3 is 5.97 Å². The Labute approximate surface area is 156 Å². The van der Waals surface area contributed by atoms with Gasteiger partial charge in [-0.15, -0.1) is 0 Å². The Morgan fingerprint density at radius 1 is 1.00 bits per heavy atom. The first-order valence-corrected chi connectivity index (χ1v) is 8.38. The molecule has 0 atom stereocenters. The number of hydrogen-bond donors (Lipinski definition) is 2. The highest BCUT2D eigenvalue weighted by atomic mass is 16.4. The number of benzene rings is 2. The van der Waals surface area contributed by atoms with Gasteiger partial charge in [0.2, 0.25) is 0 Å². The molecule has 6 heteroatoms. The maximum absolute atomic E-state index is 12.4. The molecule has 6 nitrogen and oxygen atoms in total. The summed E-state index contributed by atoms with van der Waals surface area (Å²) in [6, 6.07) is 17.3. The zero-order chi connectivity index (χ0) is 19.4. The molecule has 0 radical (unpaired) electrons. The van der Waals surface area contributed by atoms with E-state index in [1.165, 1.54) is 12.1 Å². The fourth-order valence-corrected chi connectivity index (χ4v) is 2.71. The quantitative estimate of drug-likeness (QED) is 0.675. The molecule has 0 spiro atoms. The van der Waals surface area contributed by atoms with Crippen LogP contribution in [0.1, 0.15) is 37.7 Å². The lowest BCUT2D eigenvalue weighted by molar-refractivity contribution is 0.0696. The second kappa shape index (κ2) is 7.70. The van der Waals surface area contributed by atoms with Gasteiger partial charge in [-0.25, -0.2) is 4.79 Å². The molecule has 2 N–H and O–H groups in total. The average Bonchev–Trinajstić information content (AvgIpc) is 2.94. The van der Waals surface area contributed by atoms with Crippen LogP contribution >= 0.6 is 0 Å². The number of amides is 1. The first-order valence-electron chi connectivity index (χ1n) is 8.38. The number of carbonyl (C=O) groups excluding carboxylic acids is 1. The van der Waals surface area contributed by atoms with Gasteiger partial charge in [-0.2, -0.15) is 0 Å². The molecule has 0 aliphatic heterocycles. The van der Waals surface area contributed by atoms with Gasteiger partial charge in [-0.3, -0.25) is 19.9 Å². The third-order valence-corrected chi connectivity index (χ3v) is 4.17. The molecule has 136 valence electrons. The Kier molecular flexibility index (Phi) is 5.17. The summed E-state index contributed by atoms with van der Waals surface area (Å²) < 4.78 is 1.71. The van der Waals surface area contributed by atoms with Crippen LogP contribution in [0.15, 0.2) is 65.7 Å². The summed E-state index contributed by atoms with van der Waals surface area (Å²) >= 11 is 0. The molecule has 0 unspecified atom stereocenters. The van der Waals surface area contributed by atoms with Gasteiger partial charge in [0.25, 0.3) is 5.91 Å². The Morgan fingerprint density at radius 3 is 2.41 bits per heavy atom. The van der Waals surface area contributed by atoms with Crippen molar-refractivity contribution in [3.8, 4) is 0 Å². The van der Waals surface area contributed by atoms with Crippen molar-refractivity contribution in [3.63, 3.8) is 0 Å². The van der Waals surface area contributed by atoms with E-state index in [1.54, 1.807) is 35.2 Å². The minimum absolute atomic E-state index is 0.185. The second-order valence-corrected chi connectivity index (χ2v) is 6.08. The lowest BCUT2D eigenvalue weighted by Gasteiger charge is -2.11.